The molecular weight excluding hydrogens is 459 g/mol. The summed E-state index contributed by atoms with van der Waals surface area (Å²) in [5.41, 5.74) is 4.68. The molecule has 0 bridgehead atoms. The molecule has 4 aromatic rings. The topological polar surface area (TPSA) is 75.1 Å². The van der Waals surface area contributed by atoms with Gasteiger partial charge in [-0.25, -0.2) is 9.97 Å². The minimum absolute atomic E-state index is 0.0983. The van der Waals surface area contributed by atoms with Gasteiger partial charge in [-0.2, -0.15) is 0 Å². The van der Waals surface area contributed by atoms with Gasteiger partial charge in [0, 0.05) is 49.5 Å². The van der Waals surface area contributed by atoms with Crippen molar-refractivity contribution in [2.75, 3.05) is 29.6 Å². The Balaban J connectivity index is 1.70. The molecule has 0 aliphatic carbocycles. The zero-order chi connectivity index (χ0) is 23.7. The molecule has 0 aliphatic rings. The molecule has 2 aromatic heterocycles. The normalized spacial score (nSPS) is 10.8. The Morgan fingerprint density at radius 3 is 2.67 bits per heavy atom. The summed E-state index contributed by atoms with van der Waals surface area (Å²) in [6.45, 7) is 3.48. The third kappa shape index (κ3) is 4.65. The van der Waals surface area contributed by atoms with Crippen LogP contribution in [0, 0.1) is 0 Å². The SMILES string of the molecule is C=C(Cl)C(=O)Nc1cc(Nc2ncc(Cl)c(-c3cn(C)c4ccccc34)n2)ccc1N(C)C. The van der Waals surface area contributed by atoms with Crippen LogP contribution in [0.25, 0.3) is 22.2 Å². The standard InChI is InChI=1S/C24H22Cl2N6O/c1-14(25)23(33)29-19-11-15(9-10-21(19)31(2)3)28-24-27-12-18(26)22(30-24)17-13-32(4)20-8-6-5-7-16(17)20/h5-13H,1H2,2-4H3,(H,29,33)(H,27,28,30). The van der Waals surface area contributed by atoms with Gasteiger partial charge in [-0.15, -0.1) is 0 Å². The fourth-order valence-corrected chi connectivity index (χ4v) is 3.81. The molecule has 2 aromatic carbocycles. The van der Waals surface area contributed by atoms with E-state index in [1.165, 1.54) is 0 Å². The fourth-order valence-electron chi connectivity index (χ4n) is 3.57. The second-order valence-corrected chi connectivity index (χ2v) is 8.53. The second-order valence-electron chi connectivity index (χ2n) is 7.67. The molecule has 7 nitrogen and oxygen atoms in total. The summed E-state index contributed by atoms with van der Waals surface area (Å²) in [6, 6.07) is 13.6. The molecule has 0 atom stereocenters. The average molecular weight is 481 g/mol. The van der Waals surface area contributed by atoms with Crippen molar-refractivity contribution in [3.05, 3.63) is 71.5 Å². The first kappa shape index (κ1) is 22.6. The number of carbonyl (C=O) groups excluding carboxylic acids is 1. The lowest BCUT2D eigenvalue weighted by atomic mass is 10.1. The van der Waals surface area contributed by atoms with Crippen molar-refractivity contribution in [2.45, 2.75) is 0 Å². The number of amides is 1. The number of halogens is 2. The van der Waals surface area contributed by atoms with Crippen LogP contribution in [-0.4, -0.2) is 34.5 Å². The van der Waals surface area contributed by atoms with Gasteiger partial charge in [-0.05, 0) is 24.3 Å². The first-order valence-electron chi connectivity index (χ1n) is 10.1. The van der Waals surface area contributed by atoms with Gasteiger partial charge in [0.2, 0.25) is 5.95 Å². The van der Waals surface area contributed by atoms with Crippen LogP contribution >= 0.6 is 23.2 Å². The highest BCUT2D eigenvalue weighted by Gasteiger charge is 2.15. The summed E-state index contributed by atoms with van der Waals surface area (Å²) in [6.07, 6.45) is 3.57. The summed E-state index contributed by atoms with van der Waals surface area (Å²) < 4.78 is 2.04. The summed E-state index contributed by atoms with van der Waals surface area (Å²) in [5, 5.41) is 7.37. The predicted molar refractivity (Wildman–Crippen MR) is 137 cm³/mol. The number of rotatable bonds is 6. The fraction of sp³-hybridized carbons (Fsp3) is 0.125. The number of aromatic nitrogens is 3. The first-order chi connectivity index (χ1) is 15.7. The quantitative estimate of drug-likeness (QED) is 0.341. The second kappa shape index (κ2) is 9.13. The van der Waals surface area contributed by atoms with Crippen molar-refractivity contribution in [3.8, 4) is 11.3 Å². The van der Waals surface area contributed by atoms with Crippen LogP contribution in [0.3, 0.4) is 0 Å². The molecule has 33 heavy (non-hydrogen) atoms. The van der Waals surface area contributed by atoms with E-state index in [2.05, 4.69) is 27.2 Å². The summed E-state index contributed by atoms with van der Waals surface area (Å²) in [4.78, 5) is 23.0. The molecule has 0 fully saturated rings. The van der Waals surface area contributed by atoms with Gasteiger partial charge >= 0.3 is 0 Å². The van der Waals surface area contributed by atoms with Crippen molar-refractivity contribution in [2.24, 2.45) is 7.05 Å². The smallest absolute Gasteiger partial charge is 0.266 e. The number of carbonyl (C=O) groups is 1. The maximum atomic E-state index is 12.1. The van der Waals surface area contributed by atoms with Gasteiger partial charge in [0.05, 0.1) is 33.3 Å². The van der Waals surface area contributed by atoms with Crippen LogP contribution < -0.4 is 15.5 Å². The highest BCUT2D eigenvalue weighted by atomic mass is 35.5. The van der Waals surface area contributed by atoms with Gasteiger partial charge in [-0.3, -0.25) is 4.79 Å². The maximum absolute atomic E-state index is 12.1. The van der Waals surface area contributed by atoms with E-state index in [9.17, 15) is 4.79 Å². The van der Waals surface area contributed by atoms with Crippen LogP contribution in [0.2, 0.25) is 5.02 Å². The van der Waals surface area contributed by atoms with Crippen LogP contribution in [0.5, 0.6) is 0 Å². The van der Waals surface area contributed by atoms with Crippen LogP contribution in [0.1, 0.15) is 0 Å². The molecule has 2 heterocycles. The lowest BCUT2D eigenvalue weighted by Crippen LogP contribution is -2.16. The molecule has 2 N–H and O–H groups in total. The van der Waals surface area contributed by atoms with E-state index >= 15 is 0 Å². The molecule has 0 radical (unpaired) electrons. The van der Waals surface area contributed by atoms with Gasteiger partial charge in [0.1, 0.15) is 0 Å². The lowest BCUT2D eigenvalue weighted by Gasteiger charge is -2.19. The van der Waals surface area contributed by atoms with Crippen LogP contribution in [0.15, 0.2) is 66.5 Å². The van der Waals surface area contributed by atoms with Crippen LogP contribution in [-0.2, 0) is 11.8 Å². The Labute approximate surface area is 201 Å². The minimum Gasteiger partial charge on any atom is -0.376 e. The monoisotopic (exact) mass is 480 g/mol. The number of aryl methyl sites for hydroxylation is 1. The molecule has 4 rings (SSSR count). The highest BCUT2D eigenvalue weighted by Crippen LogP contribution is 2.34. The summed E-state index contributed by atoms with van der Waals surface area (Å²) >= 11 is 12.2. The zero-order valence-electron chi connectivity index (χ0n) is 18.4. The van der Waals surface area contributed by atoms with Gasteiger partial charge in [0.15, 0.2) is 0 Å². The number of nitrogens with zero attached hydrogens (tertiary/aromatic N) is 4. The molecule has 9 heteroatoms. The summed E-state index contributed by atoms with van der Waals surface area (Å²) in [7, 11) is 5.75. The Morgan fingerprint density at radius 1 is 1.18 bits per heavy atom. The van der Waals surface area contributed by atoms with E-state index in [-0.39, 0.29) is 5.03 Å². The number of anilines is 4. The summed E-state index contributed by atoms with van der Waals surface area (Å²) in [5.74, 6) is -0.100. The molecule has 0 saturated heterocycles. The van der Waals surface area contributed by atoms with E-state index in [1.807, 2.05) is 73.2 Å². The van der Waals surface area contributed by atoms with Gasteiger partial charge in [-0.1, -0.05) is 48.0 Å². The number of para-hydroxylation sites is 1. The Kier molecular flexibility index (Phi) is 6.26. The largest absolute Gasteiger partial charge is 0.376 e. The minimum atomic E-state index is -0.474. The lowest BCUT2D eigenvalue weighted by molar-refractivity contribution is -0.112. The van der Waals surface area contributed by atoms with Crippen molar-refractivity contribution in [1.82, 2.24) is 14.5 Å². The molecule has 1 amide bonds. The maximum Gasteiger partial charge on any atom is 0.266 e. The molecule has 168 valence electrons. The number of benzene rings is 2. The van der Waals surface area contributed by atoms with Gasteiger partial charge in [0.25, 0.3) is 5.91 Å². The Bertz CT molecular complexity index is 1380. The molecule has 0 aliphatic heterocycles. The van der Waals surface area contributed by atoms with E-state index in [1.54, 1.807) is 12.3 Å². The first-order valence-corrected chi connectivity index (χ1v) is 10.8. The number of hydrogen-bond donors (Lipinski definition) is 2. The third-order valence-electron chi connectivity index (χ3n) is 5.13. The van der Waals surface area contributed by atoms with Crippen molar-refractivity contribution < 1.29 is 4.79 Å². The van der Waals surface area contributed by atoms with E-state index in [4.69, 9.17) is 23.2 Å². The molecule has 0 saturated carbocycles. The number of hydrogen-bond acceptors (Lipinski definition) is 5. The zero-order valence-corrected chi connectivity index (χ0v) is 19.9. The number of nitrogens with one attached hydrogen (secondary N) is 2. The predicted octanol–water partition coefficient (Wildman–Crippen LogP) is 5.79. The van der Waals surface area contributed by atoms with Crippen LogP contribution in [0.4, 0.5) is 23.0 Å². The van der Waals surface area contributed by atoms with Crippen molar-refractivity contribution in [3.63, 3.8) is 0 Å². The Morgan fingerprint density at radius 2 is 1.94 bits per heavy atom. The average Bonchev–Trinajstić information content (AvgIpc) is 3.11. The highest BCUT2D eigenvalue weighted by molar-refractivity contribution is 6.43. The van der Waals surface area contributed by atoms with Crippen molar-refractivity contribution >= 4 is 63.0 Å². The van der Waals surface area contributed by atoms with E-state index in [0.717, 1.165) is 22.2 Å². The molecule has 0 unspecified atom stereocenters. The molecule has 0 spiro atoms. The molecular formula is C24H22Cl2N6O. The Hall–Kier alpha value is -3.55. The van der Waals surface area contributed by atoms with E-state index in [0.29, 0.717) is 28.0 Å². The van der Waals surface area contributed by atoms with Crippen molar-refractivity contribution in [1.29, 1.82) is 0 Å². The van der Waals surface area contributed by atoms with Gasteiger partial charge < -0.3 is 20.1 Å². The number of fused-ring (bicyclic) bond motifs is 1. The van der Waals surface area contributed by atoms with E-state index < -0.39 is 5.91 Å². The third-order valence-corrected chi connectivity index (χ3v) is 5.57.